The summed E-state index contributed by atoms with van der Waals surface area (Å²) in [4.78, 5) is 46.3. The van der Waals surface area contributed by atoms with Crippen LogP contribution in [0.2, 0.25) is 0 Å². The molecule has 2 heterocycles. The minimum absolute atomic E-state index is 0.158. The van der Waals surface area contributed by atoms with Crippen LogP contribution in [0.1, 0.15) is 41.4 Å². The fourth-order valence-electron chi connectivity index (χ4n) is 3.10. The average molecular weight is 402 g/mol. The van der Waals surface area contributed by atoms with Gasteiger partial charge in [-0.05, 0) is 60.7 Å². The average Bonchev–Trinajstić information content (AvgIpc) is 3.18. The second-order valence-corrected chi connectivity index (χ2v) is 6.44. The molecule has 5 rings (SSSR count). The van der Waals surface area contributed by atoms with E-state index in [1.54, 1.807) is 36.4 Å². The molecule has 0 amide bonds. The van der Waals surface area contributed by atoms with Crippen molar-refractivity contribution in [2.75, 3.05) is 0 Å². The highest BCUT2D eigenvalue weighted by molar-refractivity contribution is 6.15. The Morgan fingerprint density at radius 2 is 0.767 bits per heavy atom. The smallest absolute Gasteiger partial charge is 0.347 e. The van der Waals surface area contributed by atoms with Gasteiger partial charge < -0.3 is 18.9 Å². The van der Waals surface area contributed by atoms with Gasteiger partial charge in [0.15, 0.2) is 0 Å². The van der Waals surface area contributed by atoms with Crippen LogP contribution in [0.25, 0.3) is 0 Å². The van der Waals surface area contributed by atoms with Crippen LogP contribution in [-0.2, 0) is 9.47 Å². The van der Waals surface area contributed by atoms with Crippen LogP contribution in [0.15, 0.2) is 60.7 Å². The van der Waals surface area contributed by atoms with Gasteiger partial charge in [0.1, 0.15) is 23.0 Å². The number of esters is 4. The molecule has 0 N–H and O–H groups in total. The summed E-state index contributed by atoms with van der Waals surface area (Å²) in [5.41, 5.74) is 0.726. The minimum atomic E-state index is -0.705. The molecule has 0 saturated carbocycles. The molecule has 0 unspecified atom stereocenters. The molecule has 0 spiro atoms. The van der Waals surface area contributed by atoms with Crippen LogP contribution in [0.4, 0.5) is 0 Å². The normalized spacial score (nSPS) is 14.1. The van der Waals surface area contributed by atoms with Crippen LogP contribution < -0.4 is 9.47 Å². The molecule has 0 bridgehead atoms. The molecule has 0 radical (unpaired) electrons. The van der Waals surface area contributed by atoms with Gasteiger partial charge in [-0.15, -0.1) is 0 Å². The Balaban J connectivity index is 1.31. The van der Waals surface area contributed by atoms with Gasteiger partial charge in [0, 0.05) is 0 Å². The van der Waals surface area contributed by atoms with Crippen molar-refractivity contribution in [3.05, 3.63) is 82.9 Å². The number of benzene rings is 3. The molecule has 2 aliphatic heterocycles. The minimum Gasteiger partial charge on any atom is -0.457 e. The SMILES string of the molecule is O=C1OC(=O)c2cc(Oc3ccc(Oc4ccc5c(c4)C(=O)OC5=O)cc3)ccc21. The molecule has 0 atom stereocenters. The monoisotopic (exact) mass is 402 g/mol. The Hall–Kier alpha value is -4.46. The molecule has 2 aliphatic rings. The highest BCUT2D eigenvalue weighted by Crippen LogP contribution is 2.31. The number of fused-ring (bicyclic) bond motifs is 2. The highest BCUT2D eigenvalue weighted by Gasteiger charge is 2.30. The number of carbonyl (C=O) groups is 4. The van der Waals surface area contributed by atoms with Crippen LogP contribution in [0, 0.1) is 0 Å². The molecule has 0 aromatic heterocycles. The second kappa shape index (κ2) is 6.56. The van der Waals surface area contributed by atoms with Crippen molar-refractivity contribution in [3.63, 3.8) is 0 Å². The Kier molecular flexibility index (Phi) is 3.85. The lowest BCUT2D eigenvalue weighted by Crippen LogP contribution is -1.96. The highest BCUT2D eigenvalue weighted by atomic mass is 16.6. The summed E-state index contributed by atoms with van der Waals surface area (Å²) >= 11 is 0. The molecule has 0 saturated heterocycles. The first kappa shape index (κ1) is 17.6. The summed E-state index contributed by atoms with van der Waals surface area (Å²) in [5, 5.41) is 0. The topological polar surface area (TPSA) is 105 Å². The molecule has 3 aromatic carbocycles. The molecule has 146 valence electrons. The van der Waals surface area contributed by atoms with Gasteiger partial charge in [-0.1, -0.05) is 0 Å². The summed E-state index contributed by atoms with van der Waals surface area (Å²) in [7, 11) is 0. The molecular weight excluding hydrogens is 392 g/mol. The molecule has 0 aliphatic carbocycles. The van der Waals surface area contributed by atoms with Gasteiger partial charge in [-0.3, -0.25) is 0 Å². The Labute approximate surface area is 168 Å². The van der Waals surface area contributed by atoms with Crippen molar-refractivity contribution >= 4 is 23.9 Å². The van der Waals surface area contributed by atoms with E-state index in [-0.39, 0.29) is 22.3 Å². The van der Waals surface area contributed by atoms with Crippen LogP contribution in [0.5, 0.6) is 23.0 Å². The maximum atomic E-state index is 11.6. The number of carbonyl (C=O) groups excluding carboxylic acids is 4. The van der Waals surface area contributed by atoms with E-state index in [0.29, 0.717) is 23.0 Å². The third kappa shape index (κ3) is 2.96. The molecule has 30 heavy (non-hydrogen) atoms. The fourth-order valence-corrected chi connectivity index (χ4v) is 3.10. The molecule has 0 fully saturated rings. The largest absolute Gasteiger partial charge is 0.457 e. The third-order valence-electron chi connectivity index (χ3n) is 4.53. The first-order valence-electron chi connectivity index (χ1n) is 8.75. The van der Waals surface area contributed by atoms with Crippen LogP contribution >= 0.6 is 0 Å². The standard InChI is InChI=1S/C22H10O8/c23-19-15-7-5-13(9-17(15)21(25)29-19)27-11-1-2-12(4-3-11)28-14-6-8-16-18(10-14)22(26)30-20(16)24/h1-10H. The van der Waals surface area contributed by atoms with Gasteiger partial charge in [-0.2, -0.15) is 0 Å². The van der Waals surface area contributed by atoms with E-state index in [4.69, 9.17) is 9.47 Å². The van der Waals surface area contributed by atoms with Crippen molar-refractivity contribution in [2.24, 2.45) is 0 Å². The number of hydrogen-bond donors (Lipinski definition) is 0. The Morgan fingerprint density at radius 1 is 0.433 bits per heavy atom. The third-order valence-corrected chi connectivity index (χ3v) is 4.53. The summed E-state index contributed by atoms with van der Waals surface area (Å²) in [6.45, 7) is 0. The van der Waals surface area contributed by atoms with Crippen molar-refractivity contribution in [1.29, 1.82) is 0 Å². The van der Waals surface area contributed by atoms with E-state index < -0.39 is 23.9 Å². The molecule has 3 aromatic rings. The van der Waals surface area contributed by atoms with Crippen LogP contribution in [-0.4, -0.2) is 23.9 Å². The predicted molar refractivity (Wildman–Crippen MR) is 99.0 cm³/mol. The summed E-state index contributed by atoms with van der Waals surface area (Å²) in [6.07, 6.45) is 0. The van der Waals surface area contributed by atoms with E-state index in [2.05, 4.69) is 9.47 Å². The number of cyclic esters (lactones) is 4. The zero-order chi connectivity index (χ0) is 20.8. The zero-order valence-corrected chi connectivity index (χ0v) is 15.0. The van der Waals surface area contributed by atoms with E-state index in [1.807, 2.05) is 0 Å². The first-order chi connectivity index (χ1) is 14.5. The maximum absolute atomic E-state index is 11.6. The number of ether oxygens (including phenoxy) is 4. The van der Waals surface area contributed by atoms with Crippen LogP contribution in [0.3, 0.4) is 0 Å². The van der Waals surface area contributed by atoms with E-state index in [0.717, 1.165) is 0 Å². The van der Waals surface area contributed by atoms with E-state index in [1.165, 1.54) is 24.3 Å². The van der Waals surface area contributed by atoms with Gasteiger partial charge in [0.25, 0.3) is 0 Å². The van der Waals surface area contributed by atoms with Gasteiger partial charge >= 0.3 is 23.9 Å². The van der Waals surface area contributed by atoms with Gasteiger partial charge in [-0.25, -0.2) is 19.2 Å². The Morgan fingerprint density at radius 3 is 1.17 bits per heavy atom. The van der Waals surface area contributed by atoms with Crippen molar-refractivity contribution in [1.82, 2.24) is 0 Å². The Bertz CT molecular complexity index is 1160. The first-order valence-corrected chi connectivity index (χ1v) is 8.75. The number of hydrogen-bond acceptors (Lipinski definition) is 8. The lowest BCUT2D eigenvalue weighted by Gasteiger charge is -2.09. The number of rotatable bonds is 4. The lowest BCUT2D eigenvalue weighted by molar-refractivity contribution is 0.0425. The second-order valence-electron chi connectivity index (χ2n) is 6.44. The van der Waals surface area contributed by atoms with Crippen molar-refractivity contribution < 1.29 is 38.1 Å². The predicted octanol–water partition coefficient (Wildman–Crippen LogP) is 3.89. The summed E-state index contributed by atoms with van der Waals surface area (Å²) in [5.74, 6) is -1.06. The maximum Gasteiger partial charge on any atom is 0.347 e. The molecular formula is C22H10O8. The fraction of sp³-hybridized carbons (Fsp3) is 0. The lowest BCUT2D eigenvalue weighted by atomic mass is 10.1. The molecule has 8 heteroatoms. The summed E-state index contributed by atoms with van der Waals surface area (Å²) < 4.78 is 20.5. The van der Waals surface area contributed by atoms with Gasteiger partial charge in [0.2, 0.25) is 0 Å². The van der Waals surface area contributed by atoms with Crippen molar-refractivity contribution in [3.8, 4) is 23.0 Å². The quantitative estimate of drug-likeness (QED) is 0.478. The van der Waals surface area contributed by atoms with E-state index in [9.17, 15) is 19.2 Å². The summed E-state index contributed by atoms with van der Waals surface area (Å²) in [6, 6.07) is 15.6. The molecule has 8 nitrogen and oxygen atoms in total. The zero-order valence-electron chi connectivity index (χ0n) is 15.0. The van der Waals surface area contributed by atoms with E-state index >= 15 is 0 Å². The van der Waals surface area contributed by atoms with Gasteiger partial charge in [0.05, 0.1) is 22.3 Å². The van der Waals surface area contributed by atoms with Crippen molar-refractivity contribution in [2.45, 2.75) is 0 Å².